The van der Waals surface area contributed by atoms with Crippen LogP contribution >= 0.6 is 0 Å². The molecule has 10 nitrogen and oxygen atoms in total. The van der Waals surface area contributed by atoms with Crippen molar-refractivity contribution < 1.29 is 9.84 Å². The Morgan fingerprint density at radius 3 is 2.88 bits per heavy atom. The van der Waals surface area contributed by atoms with Gasteiger partial charge in [-0.3, -0.25) is 9.98 Å². The molecule has 1 aliphatic carbocycles. The van der Waals surface area contributed by atoms with Crippen molar-refractivity contribution in [3.8, 4) is 22.9 Å². The van der Waals surface area contributed by atoms with Crippen LogP contribution in [-0.2, 0) is 0 Å². The molecule has 1 fully saturated rings. The van der Waals surface area contributed by atoms with Crippen LogP contribution in [-0.4, -0.2) is 67.9 Å². The van der Waals surface area contributed by atoms with E-state index in [1.165, 1.54) is 0 Å². The summed E-state index contributed by atoms with van der Waals surface area (Å²) in [6, 6.07) is 10.1. The lowest BCUT2D eigenvalue weighted by Crippen LogP contribution is -2.19. The highest BCUT2D eigenvalue weighted by Crippen LogP contribution is 2.24. The van der Waals surface area contributed by atoms with E-state index in [4.69, 9.17) is 14.7 Å². The Bertz CT molecular complexity index is 1500. The van der Waals surface area contributed by atoms with Crippen molar-refractivity contribution in [2.45, 2.75) is 25.3 Å². The lowest BCUT2D eigenvalue weighted by molar-refractivity contribution is 0.281. The minimum Gasteiger partial charge on any atom is -0.494 e. The van der Waals surface area contributed by atoms with E-state index in [-0.39, 0.29) is 11.6 Å². The summed E-state index contributed by atoms with van der Waals surface area (Å²) < 4.78 is 7.64. The molecule has 10 heteroatoms. The van der Waals surface area contributed by atoms with Crippen molar-refractivity contribution in [3.05, 3.63) is 63.4 Å². The van der Waals surface area contributed by atoms with Gasteiger partial charge in [-0.2, -0.15) is 9.61 Å². The summed E-state index contributed by atoms with van der Waals surface area (Å²) in [5, 5.41) is 15.1. The molecule has 3 aromatic heterocycles. The largest absolute Gasteiger partial charge is 0.494 e. The number of nitrogens with zero attached hydrogens (tertiary/aromatic N) is 5. The fourth-order valence-electron chi connectivity index (χ4n) is 3.66. The summed E-state index contributed by atoms with van der Waals surface area (Å²) in [7, 11) is 4.09. The van der Waals surface area contributed by atoms with Crippen molar-refractivity contribution in [1.82, 2.24) is 29.5 Å². The second-order valence-electron chi connectivity index (χ2n) is 8.71. The van der Waals surface area contributed by atoms with E-state index < -0.39 is 5.69 Å². The highest BCUT2D eigenvalue weighted by Gasteiger charge is 2.20. The van der Waals surface area contributed by atoms with Crippen molar-refractivity contribution in [2.24, 2.45) is 4.99 Å². The SMILES string of the molecule is CN(C)CCCOc1cccc(-c2cc(=NC3CC3)n3ncc(=Cc4[nH]c(=O)[nH]c4O)c3n2)c1. The van der Waals surface area contributed by atoms with Gasteiger partial charge in [-0.05, 0) is 51.6 Å². The number of fused-ring (bicyclic) bond motifs is 1. The minimum absolute atomic E-state index is 0.234. The van der Waals surface area contributed by atoms with E-state index in [1.807, 2.05) is 44.4 Å². The summed E-state index contributed by atoms with van der Waals surface area (Å²) in [6.45, 7) is 1.60. The number of aromatic amines is 2. The average Bonchev–Trinajstić information content (AvgIpc) is 3.44. The molecule has 1 saturated carbocycles. The third kappa shape index (κ3) is 4.86. The molecule has 4 aromatic rings. The van der Waals surface area contributed by atoms with Crippen LogP contribution in [0, 0.1) is 0 Å². The number of nitrogens with one attached hydrogen (secondary N) is 2. The summed E-state index contributed by atoms with van der Waals surface area (Å²) in [6.07, 6.45) is 6.35. The molecule has 0 unspecified atom stereocenters. The number of hydrogen-bond acceptors (Lipinski definition) is 7. The van der Waals surface area contributed by atoms with E-state index in [2.05, 4.69) is 20.0 Å². The Labute approximate surface area is 195 Å². The standard InChI is InChI=1S/C24H27N7O3/c1-30(2)9-4-10-34-18-6-3-5-15(11-18)19-13-21(26-17-7-8-17)31-22(27-19)16(14-25-31)12-20-23(32)29-24(33)28-20/h3,5-6,11-14,17,32H,4,7-10H2,1-2H3,(H2,28,29,33). The Balaban J connectivity index is 1.56. The summed E-state index contributed by atoms with van der Waals surface area (Å²) in [5.74, 6) is 0.552. The Hall–Kier alpha value is -3.92. The highest BCUT2D eigenvalue weighted by molar-refractivity contribution is 5.64. The number of rotatable bonds is 8. The zero-order valence-corrected chi connectivity index (χ0v) is 19.2. The molecule has 3 N–H and O–H groups in total. The quantitative estimate of drug-likeness (QED) is 0.337. The van der Waals surface area contributed by atoms with Gasteiger partial charge in [0.2, 0.25) is 5.88 Å². The first-order valence-electron chi connectivity index (χ1n) is 11.3. The van der Waals surface area contributed by atoms with Crippen LogP contribution in [0.1, 0.15) is 25.0 Å². The van der Waals surface area contributed by atoms with Gasteiger partial charge in [-0.1, -0.05) is 12.1 Å². The highest BCUT2D eigenvalue weighted by atomic mass is 16.5. The molecule has 176 valence electrons. The van der Waals surface area contributed by atoms with Crippen LogP contribution in [0.2, 0.25) is 0 Å². The number of imidazole rings is 1. The van der Waals surface area contributed by atoms with Crippen molar-refractivity contribution in [1.29, 1.82) is 0 Å². The molecule has 0 spiro atoms. The summed E-state index contributed by atoms with van der Waals surface area (Å²) in [4.78, 5) is 28.2. The second-order valence-corrected chi connectivity index (χ2v) is 8.71. The van der Waals surface area contributed by atoms with Gasteiger partial charge in [0.25, 0.3) is 0 Å². The normalized spacial score (nSPS) is 15.0. The summed E-state index contributed by atoms with van der Waals surface area (Å²) in [5.41, 5.74) is 2.72. The number of H-pyrrole nitrogens is 2. The Morgan fingerprint density at radius 2 is 2.15 bits per heavy atom. The second kappa shape index (κ2) is 9.14. The maximum atomic E-state index is 11.5. The van der Waals surface area contributed by atoms with Gasteiger partial charge in [0, 0.05) is 23.4 Å². The maximum Gasteiger partial charge on any atom is 0.326 e. The van der Waals surface area contributed by atoms with Crippen LogP contribution in [0.15, 0.2) is 46.3 Å². The van der Waals surface area contributed by atoms with Crippen LogP contribution in [0.5, 0.6) is 11.6 Å². The maximum absolute atomic E-state index is 11.5. The van der Waals surface area contributed by atoms with Gasteiger partial charge in [0.15, 0.2) is 11.1 Å². The third-order valence-corrected chi connectivity index (χ3v) is 5.53. The van der Waals surface area contributed by atoms with E-state index >= 15 is 0 Å². The topological polar surface area (TPSA) is 124 Å². The zero-order valence-electron chi connectivity index (χ0n) is 19.2. The number of aromatic nitrogens is 5. The van der Waals surface area contributed by atoms with Crippen molar-refractivity contribution >= 4 is 11.7 Å². The molecule has 0 bridgehead atoms. The van der Waals surface area contributed by atoms with E-state index in [0.29, 0.717) is 29.0 Å². The number of ether oxygens (including phenoxy) is 1. The molecule has 1 aliphatic rings. The lowest BCUT2D eigenvalue weighted by Gasteiger charge is -2.11. The van der Waals surface area contributed by atoms with Crippen molar-refractivity contribution in [3.63, 3.8) is 0 Å². The molecular formula is C24H27N7O3. The first kappa shape index (κ1) is 21.9. The Kier molecular flexibility index (Phi) is 5.89. The molecule has 34 heavy (non-hydrogen) atoms. The first-order valence-corrected chi connectivity index (χ1v) is 11.3. The number of benzene rings is 1. The van der Waals surface area contributed by atoms with E-state index in [1.54, 1.807) is 16.8 Å². The molecule has 1 aromatic carbocycles. The van der Waals surface area contributed by atoms with Gasteiger partial charge in [0.05, 0.1) is 24.5 Å². The van der Waals surface area contributed by atoms with E-state index in [9.17, 15) is 9.90 Å². The van der Waals surface area contributed by atoms with Gasteiger partial charge in [0.1, 0.15) is 11.4 Å². The Morgan fingerprint density at radius 1 is 1.29 bits per heavy atom. The van der Waals surface area contributed by atoms with Crippen LogP contribution < -0.4 is 21.1 Å². The van der Waals surface area contributed by atoms with E-state index in [0.717, 1.165) is 42.8 Å². The third-order valence-electron chi connectivity index (χ3n) is 5.53. The monoisotopic (exact) mass is 461 g/mol. The number of aromatic hydroxyl groups is 1. The van der Waals surface area contributed by atoms with Gasteiger partial charge < -0.3 is 19.7 Å². The molecule has 0 atom stereocenters. The molecule has 5 rings (SSSR count). The lowest BCUT2D eigenvalue weighted by atomic mass is 10.1. The molecular weight excluding hydrogens is 434 g/mol. The minimum atomic E-state index is -0.485. The smallest absolute Gasteiger partial charge is 0.326 e. The van der Waals surface area contributed by atoms with Crippen LogP contribution in [0.25, 0.3) is 23.0 Å². The van der Waals surface area contributed by atoms with Crippen LogP contribution in [0.4, 0.5) is 0 Å². The number of hydrogen-bond donors (Lipinski definition) is 3. The van der Waals surface area contributed by atoms with Gasteiger partial charge in [-0.25, -0.2) is 9.78 Å². The molecule has 0 saturated heterocycles. The molecule has 0 amide bonds. The fraction of sp³-hybridized carbons (Fsp3) is 0.333. The molecule has 0 radical (unpaired) electrons. The molecule has 0 aliphatic heterocycles. The predicted octanol–water partition coefficient (Wildman–Crippen LogP) is 1.06. The average molecular weight is 462 g/mol. The molecule has 3 heterocycles. The van der Waals surface area contributed by atoms with Gasteiger partial charge >= 0.3 is 5.69 Å². The van der Waals surface area contributed by atoms with Crippen molar-refractivity contribution in [2.75, 3.05) is 27.2 Å². The first-order chi connectivity index (χ1) is 16.5. The predicted molar refractivity (Wildman–Crippen MR) is 128 cm³/mol. The fourth-order valence-corrected chi connectivity index (χ4v) is 3.66. The van der Waals surface area contributed by atoms with Crippen LogP contribution in [0.3, 0.4) is 0 Å². The summed E-state index contributed by atoms with van der Waals surface area (Å²) >= 11 is 0. The van der Waals surface area contributed by atoms with Gasteiger partial charge in [-0.15, -0.1) is 0 Å². The zero-order chi connectivity index (χ0) is 23.7.